The van der Waals surface area contributed by atoms with Crippen LogP contribution in [0.5, 0.6) is 0 Å². The Morgan fingerprint density at radius 3 is 1.14 bits per heavy atom. The minimum Gasteiger partial charge on any atom is -0.287 e. The van der Waals surface area contributed by atoms with E-state index < -0.39 is 0 Å². The van der Waals surface area contributed by atoms with E-state index in [-0.39, 0.29) is 24.2 Å². The Bertz CT molecular complexity index is 1480. The zero-order chi connectivity index (χ0) is 28.1. The average molecular weight is 589 g/mol. The first-order valence-corrected chi connectivity index (χ1v) is 16.9. The summed E-state index contributed by atoms with van der Waals surface area (Å²) in [4.78, 5) is 25.1. The van der Waals surface area contributed by atoms with Crippen molar-refractivity contribution in [1.29, 1.82) is 0 Å². The summed E-state index contributed by atoms with van der Waals surface area (Å²) in [7, 11) is 0. The Kier molecular flexibility index (Phi) is 8.34. The molecule has 4 aliphatic heterocycles. The molecule has 4 aromatic rings. The van der Waals surface area contributed by atoms with Gasteiger partial charge in [0.05, 0.1) is 24.2 Å². The van der Waals surface area contributed by atoms with E-state index in [4.69, 9.17) is 20.0 Å². The van der Waals surface area contributed by atoms with E-state index in [1.807, 2.05) is 0 Å². The average Bonchev–Trinajstić information content (AvgIpc) is 3.72. The predicted molar refractivity (Wildman–Crippen MR) is 182 cm³/mol. The summed E-state index contributed by atoms with van der Waals surface area (Å²) >= 11 is 3.60. The van der Waals surface area contributed by atoms with E-state index in [0.29, 0.717) is 0 Å². The molecule has 2 aromatic carbocycles. The number of aliphatic imine (C=N–C) groups is 4. The maximum Gasteiger partial charge on any atom is 0.0723 e. The molecule has 2 fully saturated rings. The van der Waals surface area contributed by atoms with Crippen LogP contribution in [0.3, 0.4) is 0 Å². The Morgan fingerprint density at radius 2 is 0.762 bits per heavy atom. The third kappa shape index (κ3) is 6.45. The summed E-state index contributed by atoms with van der Waals surface area (Å²) in [5.41, 5.74) is 4.76. The van der Waals surface area contributed by atoms with Crippen LogP contribution in [0, 0.1) is 0 Å². The molecule has 212 valence electrons. The van der Waals surface area contributed by atoms with Gasteiger partial charge in [-0.15, -0.1) is 22.7 Å². The van der Waals surface area contributed by atoms with Crippen LogP contribution in [0.25, 0.3) is 20.9 Å². The van der Waals surface area contributed by atoms with E-state index >= 15 is 0 Å². The van der Waals surface area contributed by atoms with E-state index in [9.17, 15) is 0 Å². The van der Waals surface area contributed by atoms with Gasteiger partial charge in [-0.1, -0.05) is 74.2 Å². The van der Waals surface area contributed by atoms with Gasteiger partial charge in [-0.25, -0.2) is 0 Å². The molecule has 6 heterocycles. The lowest BCUT2D eigenvalue weighted by molar-refractivity contribution is 0.390. The smallest absolute Gasteiger partial charge is 0.0723 e. The van der Waals surface area contributed by atoms with E-state index in [2.05, 4.69) is 97.7 Å². The monoisotopic (exact) mass is 588 g/mol. The number of benzene rings is 2. The second kappa shape index (κ2) is 12.8. The van der Waals surface area contributed by atoms with Crippen LogP contribution in [0.1, 0.15) is 72.2 Å². The third-order valence-corrected chi connectivity index (χ3v) is 10.8. The lowest BCUT2D eigenvalue weighted by atomic mass is 9.91. The summed E-state index contributed by atoms with van der Waals surface area (Å²) in [6.45, 7) is 0. The SMILES string of the molecule is C1=N[C@@H]2CCCC[C@H]2N=Cc2ccc(s2)-c2ccc(cc2)C=N[C@@H]2CCCC[C@H]2N=Cc2ccc(s2)-c2ccc1cc2. The molecular formula is C36H36N4S2. The van der Waals surface area contributed by atoms with Crippen molar-refractivity contribution in [2.45, 2.75) is 75.5 Å². The van der Waals surface area contributed by atoms with Gasteiger partial charge < -0.3 is 0 Å². The lowest BCUT2D eigenvalue weighted by Gasteiger charge is -2.25. The summed E-state index contributed by atoms with van der Waals surface area (Å²) < 4.78 is 0. The Labute approximate surface area is 256 Å². The van der Waals surface area contributed by atoms with E-state index in [1.165, 1.54) is 56.3 Å². The molecule has 0 N–H and O–H groups in total. The van der Waals surface area contributed by atoms with Crippen molar-refractivity contribution in [2.75, 3.05) is 0 Å². The molecule has 6 heteroatoms. The maximum absolute atomic E-state index is 5.05. The molecule has 0 amide bonds. The molecule has 42 heavy (non-hydrogen) atoms. The van der Waals surface area contributed by atoms with Gasteiger partial charge in [-0.2, -0.15) is 0 Å². The highest BCUT2D eigenvalue weighted by Gasteiger charge is 2.24. The standard InChI is InChI=1S/C36H36N4S2/c1-3-7-33-31(5-1)37-21-25-9-13-27(14-10-25)36-20-18-30(42-36)24-40-34-8-4-2-6-32(34)38-22-26-11-15-28(16-12-26)35-19-17-29(41-35)23-39-33/h9-24,31-34H,1-8H2/t31-,32-,33-,34-/m1/s1. The van der Waals surface area contributed by atoms with Crippen LogP contribution >= 0.6 is 22.7 Å². The van der Waals surface area contributed by atoms with Gasteiger partial charge in [0.15, 0.2) is 0 Å². The minimum atomic E-state index is 0.241. The highest BCUT2D eigenvalue weighted by Crippen LogP contribution is 2.31. The normalized spacial score (nSPS) is 24.0. The minimum absolute atomic E-state index is 0.241. The van der Waals surface area contributed by atoms with Gasteiger partial charge in [0, 0.05) is 44.4 Å². The highest BCUT2D eigenvalue weighted by molar-refractivity contribution is 7.17. The summed E-state index contributed by atoms with van der Waals surface area (Å²) in [6, 6.07) is 27.3. The number of rotatable bonds is 0. The fourth-order valence-electron chi connectivity index (χ4n) is 6.20. The van der Waals surface area contributed by atoms with Gasteiger partial charge in [-0.05, 0) is 72.2 Å². The molecule has 2 saturated carbocycles. The van der Waals surface area contributed by atoms with Gasteiger partial charge in [0.1, 0.15) is 0 Å². The Morgan fingerprint density at radius 1 is 0.405 bits per heavy atom. The van der Waals surface area contributed by atoms with Gasteiger partial charge in [-0.3, -0.25) is 20.0 Å². The van der Waals surface area contributed by atoms with Gasteiger partial charge in [0.25, 0.3) is 0 Å². The van der Waals surface area contributed by atoms with Crippen molar-refractivity contribution in [1.82, 2.24) is 0 Å². The molecule has 0 unspecified atom stereocenters. The van der Waals surface area contributed by atoms with Crippen molar-refractivity contribution in [3.8, 4) is 20.9 Å². The lowest BCUT2D eigenvalue weighted by Crippen LogP contribution is -2.27. The molecule has 8 bridgehead atoms. The molecule has 2 aliphatic carbocycles. The fraction of sp³-hybridized carbons (Fsp3) is 0.333. The molecule has 4 atom stereocenters. The van der Waals surface area contributed by atoms with Crippen LogP contribution in [0.15, 0.2) is 92.8 Å². The number of hydrogen-bond donors (Lipinski definition) is 0. The van der Waals surface area contributed by atoms with Crippen LogP contribution in [-0.2, 0) is 0 Å². The Balaban J connectivity index is 1.20. The zero-order valence-electron chi connectivity index (χ0n) is 23.8. The van der Waals surface area contributed by atoms with E-state index in [0.717, 1.165) is 36.8 Å². The topological polar surface area (TPSA) is 49.4 Å². The van der Waals surface area contributed by atoms with Crippen LogP contribution in [-0.4, -0.2) is 49.0 Å². The van der Waals surface area contributed by atoms with Crippen LogP contribution in [0.2, 0.25) is 0 Å². The number of nitrogens with zero attached hydrogens (tertiary/aromatic N) is 4. The summed E-state index contributed by atoms with van der Waals surface area (Å²) in [6.07, 6.45) is 17.6. The quantitative estimate of drug-likeness (QED) is 0.197. The molecule has 0 spiro atoms. The first-order chi connectivity index (χ1) is 20.8. The van der Waals surface area contributed by atoms with Crippen molar-refractivity contribution in [3.05, 3.63) is 93.7 Å². The largest absolute Gasteiger partial charge is 0.287 e. The maximum atomic E-state index is 5.05. The molecule has 4 nitrogen and oxygen atoms in total. The molecule has 2 aromatic heterocycles. The predicted octanol–water partition coefficient (Wildman–Crippen LogP) is 9.16. The van der Waals surface area contributed by atoms with Crippen molar-refractivity contribution < 1.29 is 0 Å². The number of hydrogen-bond acceptors (Lipinski definition) is 6. The molecule has 6 aliphatic rings. The number of thiophene rings is 2. The molecule has 0 saturated heterocycles. The molecular weight excluding hydrogens is 553 g/mol. The molecule has 0 radical (unpaired) electrons. The first kappa shape index (κ1) is 27.4. The van der Waals surface area contributed by atoms with Gasteiger partial charge in [0.2, 0.25) is 0 Å². The van der Waals surface area contributed by atoms with Crippen molar-refractivity contribution in [2.24, 2.45) is 20.0 Å². The second-order valence-corrected chi connectivity index (χ2v) is 13.8. The van der Waals surface area contributed by atoms with Crippen molar-refractivity contribution >= 4 is 47.5 Å². The summed E-state index contributed by atoms with van der Waals surface area (Å²) in [5, 5.41) is 0. The first-order valence-electron chi connectivity index (χ1n) is 15.3. The van der Waals surface area contributed by atoms with E-state index in [1.54, 1.807) is 22.7 Å². The van der Waals surface area contributed by atoms with Crippen LogP contribution in [0.4, 0.5) is 0 Å². The second-order valence-electron chi connectivity index (χ2n) is 11.6. The fourth-order valence-corrected chi connectivity index (χ4v) is 7.99. The van der Waals surface area contributed by atoms with Crippen molar-refractivity contribution in [3.63, 3.8) is 0 Å². The Hall–Kier alpha value is -3.48. The van der Waals surface area contributed by atoms with Crippen LogP contribution < -0.4 is 0 Å². The zero-order valence-corrected chi connectivity index (χ0v) is 25.4. The summed E-state index contributed by atoms with van der Waals surface area (Å²) in [5.74, 6) is 0. The third-order valence-electron chi connectivity index (χ3n) is 8.65. The highest BCUT2D eigenvalue weighted by atomic mass is 32.1. The van der Waals surface area contributed by atoms with Gasteiger partial charge >= 0.3 is 0 Å². The molecule has 10 rings (SSSR count).